The molecule has 0 saturated carbocycles. The number of carbonyl (C=O) groups is 1. The van der Waals surface area contributed by atoms with E-state index >= 15 is 0 Å². The zero-order valence-electron chi connectivity index (χ0n) is 10.9. The molecule has 0 amide bonds. The average molecular weight is 241 g/mol. The van der Waals surface area contributed by atoms with Crippen LogP contribution in [-0.2, 0) is 11.3 Å². The van der Waals surface area contributed by atoms with Gasteiger partial charge in [0.2, 0.25) is 0 Å². The fourth-order valence-corrected chi connectivity index (χ4v) is 1.30. The molecule has 0 saturated heterocycles. The summed E-state index contributed by atoms with van der Waals surface area (Å²) in [6.45, 7) is 9.05. The molecule has 0 bridgehead atoms. The third kappa shape index (κ3) is 3.81. The Bertz CT molecular complexity index is 405. The molecule has 0 radical (unpaired) electrons. The van der Waals surface area contributed by atoms with Crippen molar-refractivity contribution in [2.24, 2.45) is 0 Å². The van der Waals surface area contributed by atoms with E-state index in [2.05, 4.69) is 10.3 Å². The van der Waals surface area contributed by atoms with Crippen LogP contribution < -0.4 is 0 Å². The zero-order chi connectivity index (χ0) is 13.2. The van der Waals surface area contributed by atoms with Crippen molar-refractivity contribution in [3.8, 4) is 0 Å². The van der Waals surface area contributed by atoms with Crippen LogP contribution in [0.15, 0.2) is 0 Å². The lowest BCUT2D eigenvalue weighted by Crippen LogP contribution is -2.24. The first-order chi connectivity index (χ1) is 7.70. The van der Waals surface area contributed by atoms with Crippen molar-refractivity contribution in [2.75, 3.05) is 0 Å². The highest BCUT2D eigenvalue weighted by molar-refractivity contribution is 5.88. The molecule has 0 spiro atoms. The Kier molecular flexibility index (Phi) is 3.87. The van der Waals surface area contributed by atoms with Crippen LogP contribution in [0.1, 0.15) is 43.9 Å². The first-order valence-corrected chi connectivity index (χ1v) is 5.52. The predicted molar refractivity (Wildman–Crippen MR) is 61.6 cm³/mol. The van der Waals surface area contributed by atoms with Crippen LogP contribution in [0.5, 0.6) is 0 Å². The molecular weight excluding hydrogens is 222 g/mol. The highest BCUT2D eigenvalue weighted by Crippen LogP contribution is 2.13. The second-order valence-corrected chi connectivity index (χ2v) is 5.06. The molecule has 6 nitrogen and oxygen atoms in total. The lowest BCUT2D eigenvalue weighted by molar-refractivity contribution is 0.00617. The molecule has 0 fully saturated rings. The van der Waals surface area contributed by atoms with Crippen LogP contribution in [0, 0.1) is 6.92 Å². The van der Waals surface area contributed by atoms with E-state index in [1.165, 1.54) is 4.68 Å². The number of esters is 1. The summed E-state index contributed by atoms with van der Waals surface area (Å²) in [5, 5.41) is 16.9. The van der Waals surface area contributed by atoms with Crippen LogP contribution in [-0.4, -0.2) is 37.8 Å². The number of hydrogen-bond donors (Lipinski definition) is 1. The van der Waals surface area contributed by atoms with E-state index in [1.807, 2.05) is 0 Å². The second-order valence-electron chi connectivity index (χ2n) is 5.06. The SMILES string of the molecule is Cc1c(C(=O)OC(C)(C)C)nnn1CC(C)O. The number of aliphatic hydroxyl groups is 1. The molecule has 1 atom stereocenters. The zero-order valence-corrected chi connectivity index (χ0v) is 10.9. The number of nitrogens with zero attached hydrogens (tertiary/aromatic N) is 3. The van der Waals surface area contributed by atoms with Crippen molar-refractivity contribution in [2.45, 2.75) is 52.9 Å². The third-order valence-corrected chi connectivity index (χ3v) is 2.01. The Hall–Kier alpha value is -1.43. The number of aromatic nitrogens is 3. The summed E-state index contributed by atoms with van der Waals surface area (Å²) in [5.74, 6) is -0.494. The van der Waals surface area contributed by atoms with E-state index in [0.717, 1.165) is 0 Å². The van der Waals surface area contributed by atoms with Gasteiger partial charge in [0.1, 0.15) is 5.60 Å². The minimum absolute atomic E-state index is 0.195. The van der Waals surface area contributed by atoms with E-state index in [4.69, 9.17) is 4.74 Å². The monoisotopic (exact) mass is 241 g/mol. The summed E-state index contributed by atoms with van der Waals surface area (Å²) in [4.78, 5) is 11.8. The smallest absolute Gasteiger partial charge is 0.361 e. The molecule has 0 aromatic carbocycles. The van der Waals surface area contributed by atoms with Gasteiger partial charge in [-0.25, -0.2) is 9.48 Å². The maximum atomic E-state index is 11.8. The Morgan fingerprint density at radius 2 is 2.12 bits per heavy atom. The Morgan fingerprint density at radius 3 is 2.59 bits per heavy atom. The summed E-state index contributed by atoms with van der Waals surface area (Å²) in [6.07, 6.45) is -0.540. The van der Waals surface area contributed by atoms with Crippen LogP contribution in [0.4, 0.5) is 0 Å². The normalized spacial score (nSPS) is 13.5. The summed E-state index contributed by atoms with van der Waals surface area (Å²) >= 11 is 0. The molecule has 1 aromatic rings. The van der Waals surface area contributed by atoms with E-state index in [0.29, 0.717) is 12.2 Å². The van der Waals surface area contributed by atoms with Gasteiger partial charge in [0.05, 0.1) is 18.3 Å². The van der Waals surface area contributed by atoms with Crippen molar-refractivity contribution in [1.82, 2.24) is 15.0 Å². The largest absolute Gasteiger partial charge is 0.455 e. The first-order valence-electron chi connectivity index (χ1n) is 5.52. The van der Waals surface area contributed by atoms with Gasteiger partial charge in [-0.05, 0) is 34.6 Å². The minimum atomic E-state index is -0.558. The highest BCUT2D eigenvalue weighted by Gasteiger charge is 2.23. The quantitative estimate of drug-likeness (QED) is 0.796. The standard InChI is InChI=1S/C11H19N3O3/c1-7(15)6-14-8(2)9(12-13-14)10(16)17-11(3,4)5/h7,15H,6H2,1-5H3. The third-order valence-electron chi connectivity index (χ3n) is 2.01. The van der Waals surface area contributed by atoms with Gasteiger partial charge in [0.15, 0.2) is 5.69 Å². The molecule has 0 aliphatic rings. The van der Waals surface area contributed by atoms with E-state index in [1.54, 1.807) is 34.6 Å². The maximum absolute atomic E-state index is 11.8. The lowest BCUT2D eigenvalue weighted by Gasteiger charge is -2.18. The van der Waals surface area contributed by atoms with Crippen molar-refractivity contribution in [3.63, 3.8) is 0 Å². The molecule has 1 heterocycles. The molecule has 96 valence electrons. The number of carbonyl (C=O) groups excluding carboxylic acids is 1. The van der Waals surface area contributed by atoms with E-state index < -0.39 is 17.7 Å². The molecule has 0 aliphatic carbocycles. The Balaban J connectivity index is 2.86. The first kappa shape index (κ1) is 13.6. The molecule has 17 heavy (non-hydrogen) atoms. The van der Waals surface area contributed by atoms with Gasteiger partial charge < -0.3 is 9.84 Å². The van der Waals surface area contributed by atoms with Gasteiger partial charge in [0.25, 0.3) is 0 Å². The summed E-state index contributed by atoms with van der Waals surface area (Å²) < 4.78 is 6.70. The number of rotatable bonds is 3. The van der Waals surface area contributed by atoms with Crippen molar-refractivity contribution in [3.05, 3.63) is 11.4 Å². The molecule has 1 aromatic heterocycles. The number of ether oxygens (including phenoxy) is 1. The summed E-state index contributed by atoms with van der Waals surface area (Å²) in [5.41, 5.74) is 0.234. The van der Waals surface area contributed by atoms with E-state index in [-0.39, 0.29) is 5.69 Å². The van der Waals surface area contributed by atoms with Crippen LogP contribution >= 0.6 is 0 Å². The van der Waals surface area contributed by atoms with Gasteiger partial charge in [-0.3, -0.25) is 0 Å². The molecular formula is C11H19N3O3. The number of hydrogen-bond acceptors (Lipinski definition) is 5. The van der Waals surface area contributed by atoms with Crippen molar-refractivity contribution in [1.29, 1.82) is 0 Å². The maximum Gasteiger partial charge on any atom is 0.361 e. The molecule has 1 unspecified atom stereocenters. The van der Waals surface area contributed by atoms with Crippen molar-refractivity contribution >= 4 is 5.97 Å². The summed E-state index contributed by atoms with van der Waals surface area (Å²) in [7, 11) is 0. The average Bonchev–Trinajstić information content (AvgIpc) is 2.44. The van der Waals surface area contributed by atoms with E-state index in [9.17, 15) is 9.90 Å². The van der Waals surface area contributed by atoms with Crippen LogP contribution in [0.3, 0.4) is 0 Å². The fraction of sp³-hybridized carbons (Fsp3) is 0.727. The Labute approximate surface area is 101 Å². The molecule has 1 N–H and O–H groups in total. The molecule has 0 aliphatic heterocycles. The van der Waals surface area contributed by atoms with Gasteiger partial charge in [-0.1, -0.05) is 5.21 Å². The fourth-order valence-electron chi connectivity index (χ4n) is 1.30. The van der Waals surface area contributed by atoms with Gasteiger partial charge in [0, 0.05) is 0 Å². The van der Waals surface area contributed by atoms with Gasteiger partial charge in [-0.15, -0.1) is 5.10 Å². The predicted octanol–water partition coefficient (Wildman–Crippen LogP) is 0.923. The van der Waals surface area contributed by atoms with Crippen LogP contribution in [0.2, 0.25) is 0 Å². The van der Waals surface area contributed by atoms with Gasteiger partial charge >= 0.3 is 5.97 Å². The highest BCUT2D eigenvalue weighted by atomic mass is 16.6. The van der Waals surface area contributed by atoms with Gasteiger partial charge in [-0.2, -0.15) is 0 Å². The minimum Gasteiger partial charge on any atom is -0.455 e. The molecule has 6 heteroatoms. The topological polar surface area (TPSA) is 77.2 Å². The number of aliphatic hydroxyl groups excluding tert-OH is 1. The van der Waals surface area contributed by atoms with Crippen molar-refractivity contribution < 1.29 is 14.6 Å². The molecule has 1 rings (SSSR count). The lowest BCUT2D eigenvalue weighted by atomic mass is 10.2. The second kappa shape index (κ2) is 4.83. The van der Waals surface area contributed by atoms with Crippen LogP contribution in [0.25, 0.3) is 0 Å². The summed E-state index contributed by atoms with van der Waals surface area (Å²) in [6, 6.07) is 0. The Morgan fingerprint density at radius 1 is 1.53 bits per heavy atom.